The number of anilines is 3. The van der Waals surface area contributed by atoms with Crippen molar-refractivity contribution < 1.29 is 13.7 Å². The van der Waals surface area contributed by atoms with Gasteiger partial charge in [-0.25, -0.2) is 9.78 Å². The summed E-state index contributed by atoms with van der Waals surface area (Å²) >= 11 is 6.29. The molecule has 0 saturated heterocycles. The molecule has 2 rings (SSSR count). The van der Waals surface area contributed by atoms with Gasteiger partial charge in [-0.2, -0.15) is 18.5 Å². The van der Waals surface area contributed by atoms with E-state index in [0.29, 0.717) is 40.5 Å². The van der Waals surface area contributed by atoms with E-state index in [1.54, 1.807) is 21.6 Å². The number of alkyl carbamates (subject to hydrolysis) is 1. The summed E-state index contributed by atoms with van der Waals surface area (Å²) < 4.78 is 17.8. The molecule has 0 aliphatic carbocycles. The standard InChI is InChI=1S/C22H32ClN5O3S3.H2S/c1-15(2)34(30)18-9-7-6-8-17(18)27-19-16(23)14-26-20(28-19)24-10-12-32-33-13-11-25-21(29)31-22(3,4)5;/h6-9,14-15H,10-13H2,1-5H3,(H,25,29)(H2,24,26,27,28);1H2. The summed E-state index contributed by atoms with van der Waals surface area (Å²) in [6.45, 7) is 10.5. The Balaban J connectivity index is 0.00000612. The maximum atomic E-state index is 12.6. The summed E-state index contributed by atoms with van der Waals surface area (Å²) in [6.07, 6.45) is 1.13. The van der Waals surface area contributed by atoms with Crippen molar-refractivity contribution in [3.63, 3.8) is 0 Å². The number of hydrogen-bond donors (Lipinski definition) is 3. The minimum atomic E-state index is -1.15. The number of aromatic nitrogens is 2. The van der Waals surface area contributed by atoms with Crippen LogP contribution >= 0.6 is 46.7 Å². The Kier molecular flexibility index (Phi) is 14.2. The first-order valence-electron chi connectivity index (χ1n) is 10.8. The molecule has 1 atom stereocenters. The maximum Gasteiger partial charge on any atom is 0.407 e. The number of nitrogens with one attached hydrogen (secondary N) is 3. The first kappa shape index (κ1) is 31.7. The molecular formula is C22H34ClN5O3S4. The zero-order chi connectivity index (χ0) is 25.1. The summed E-state index contributed by atoms with van der Waals surface area (Å²) in [5.41, 5.74) is 0.209. The zero-order valence-corrected chi connectivity index (χ0v) is 24.7. The first-order valence-corrected chi connectivity index (χ1v) is 14.9. The van der Waals surface area contributed by atoms with Crippen LogP contribution in [0.2, 0.25) is 5.02 Å². The molecule has 0 saturated carbocycles. The number of para-hydroxylation sites is 1. The number of hydrogen-bond acceptors (Lipinski definition) is 9. The summed E-state index contributed by atoms with van der Waals surface area (Å²) in [5.74, 6) is 2.49. The van der Waals surface area contributed by atoms with Gasteiger partial charge in [0.25, 0.3) is 0 Å². The van der Waals surface area contributed by atoms with E-state index in [9.17, 15) is 9.00 Å². The fourth-order valence-electron chi connectivity index (χ4n) is 2.50. The average molecular weight is 580 g/mol. The molecule has 1 aromatic carbocycles. The van der Waals surface area contributed by atoms with Crippen molar-refractivity contribution in [3.05, 3.63) is 35.5 Å². The molecular weight excluding hydrogens is 546 g/mol. The second kappa shape index (κ2) is 15.7. The van der Waals surface area contributed by atoms with E-state index < -0.39 is 22.5 Å². The number of nitrogens with zero attached hydrogens (tertiary/aromatic N) is 2. The third kappa shape index (κ3) is 12.0. The lowest BCUT2D eigenvalue weighted by molar-refractivity contribution is 0.0531. The van der Waals surface area contributed by atoms with Gasteiger partial charge in [-0.05, 0) is 32.9 Å². The van der Waals surface area contributed by atoms with Gasteiger partial charge in [-0.1, -0.05) is 59.2 Å². The largest absolute Gasteiger partial charge is 0.444 e. The van der Waals surface area contributed by atoms with E-state index in [1.807, 2.05) is 58.9 Å². The highest BCUT2D eigenvalue weighted by atomic mass is 35.5. The molecule has 2 aromatic rings. The Morgan fingerprint density at radius 2 is 1.83 bits per heavy atom. The van der Waals surface area contributed by atoms with Crippen LogP contribution in [-0.4, -0.2) is 55.7 Å². The van der Waals surface area contributed by atoms with E-state index in [1.165, 1.54) is 6.20 Å². The topological polar surface area (TPSA) is 105 Å². The first-order chi connectivity index (χ1) is 16.1. The highest BCUT2D eigenvalue weighted by molar-refractivity contribution is 8.76. The predicted octanol–water partition coefficient (Wildman–Crippen LogP) is 5.82. The van der Waals surface area contributed by atoms with Crippen LogP contribution < -0.4 is 16.0 Å². The van der Waals surface area contributed by atoms with Gasteiger partial charge >= 0.3 is 6.09 Å². The molecule has 35 heavy (non-hydrogen) atoms. The Labute approximate surface area is 230 Å². The van der Waals surface area contributed by atoms with Gasteiger partial charge in [0.05, 0.1) is 27.6 Å². The fourth-order valence-corrected chi connectivity index (χ4v) is 5.51. The Hall–Kier alpha value is -1.34. The molecule has 196 valence electrons. The van der Waals surface area contributed by atoms with Crippen molar-refractivity contribution in [1.82, 2.24) is 15.3 Å². The quantitative estimate of drug-likeness (QED) is 0.212. The second-order valence-electron chi connectivity index (χ2n) is 8.36. The van der Waals surface area contributed by atoms with Crippen molar-refractivity contribution in [3.8, 4) is 0 Å². The molecule has 1 amide bonds. The van der Waals surface area contributed by atoms with Gasteiger partial charge in [0.15, 0.2) is 5.82 Å². The number of amides is 1. The number of halogens is 1. The number of rotatable bonds is 12. The van der Waals surface area contributed by atoms with Crippen molar-refractivity contribution in [2.24, 2.45) is 0 Å². The molecule has 13 heteroatoms. The van der Waals surface area contributed by atoms with E-state index in [2.05, 4.69) is 25.9 Å². The maximum absolute atomic E-state index is 12.6. The molecule has 0 bridgehead atoms. The Morgan fingerprint density at radius 1 is 1.17 bits per heavy atom. The minimum absolute atomic E-state index is 0. The summed E-state index contributed by atoms with van der Waals surface area (Å²) in [4.78, 5) is 21.0. The predicted molar refractivity (Wildman–Crippen MR) is 156 cm³/mol. The van der Waals surface area contributed by atoms with E-state index in [0.717, 1.165) is 11.5 Å². The molecule has 0 aliphatic rings. The lowest BCUT2D eigenvalue weighted by Gasteiger charge is -2.19. The summed E-state index contributed by atoms with van der Waals surface area (Å²) in [5, 5.41) is 9.48. The van der Waals surface area contributed by atoms with Crippen LogP contribution in [0.15, 0.2) is 35.4 Å². The van der Waals surface area contributed by atoms with Gasteiger partial charge in [-0.15, -0.1) is 0 Å². The van der Waals surface area contributed by atoms with E-state index in [-0.39, 0.29) is 18.7 Å². The van der Waals surface area contributed by atoms with Crippen LogP contribution in [0.5, 0.6) is 0 Å². The van der Waals surface area contributed by atoms with Crippen molar-refractivity contribution in [2.75, 3.05) is 35.2 Å². The molecule has 1 heterocycles. The molecule has 3 N–H and O–H groups in total. The fraction of sp³-hybridized carbons (Fsp3) is 0.500. The van der Waals surface area contributed by atoms with Crippen LogP contribution in [0.4, 0.5) is 22.2 Å². The Morgan fingerprint density at radius 3 is 2.49 bits per heavy atom. The number of carbonyl (C=O) groups excluding carboxylic acids is 1. The van der Waals surface area contributed by atoms with Gasteiger partial charge in [-0.3, -0.25) is 4.21 Å². The van der Waals surface area contributed by atoms with Crippen LogP contribution in [0.3, 0.4) is 0 Å². The lowest BCUT2D eigenvalue weighted by Crippen LogP contribution is -2.33. The van der Waals surface area contributed by atoms with Crippen LogP contribution in [0, 0.1) is 0 Å². The molecule has 0 spiro atoms. The highest BCUT2D eigenvalue weighted by Crippen LogP contribution is 2.28. The number of carbonyl (C=O) groups is 1. The van der Waals surface area contributed by atoms with Gasteiger partial charge < -0.3 is 20.7 Å². The van der Waals surface area contributed by atoms with Gasteiger partial charge in [0.2, 0.25) is 5.95 Å². The molecule has 1 unspecified atom stereocenters. The smallest absolute Gasteiger partial charge is 0.407 e. The van der Waals surface area contributed by atoms with E-state index in [4.69, 9.17) is 16.3 Å². The van der Waals surface area contributed by atoms with Crippen LogP contribution in [-0.2, 0) is 15.5 Å². The normalized spacial score (nSPS) is 12.0. The molecule has 0 fully saturated rings. The average Bonchev–Trinajstić information content (AvgIpc) is 2.76. The molecule has 0 aliphatic heterocycles. The summed E-state index contributed by atoms with van der Waals surface area (Å²) in [7, 11) is 2.20. The van der Waals surface area contributed by atoms with Gasteiger partial charge in [0, 0.05) is 29.8 Å². The number of ether oxygens (including phenoxy) is 1. The monoisotopic (exact) mass is 579 g/mol. The van der Waals surface area contributed by atoms with Crippen molar-refractivity contribution in [1.29, 1.82) is 0 Å². The van der Waals surface area contributed by atoms with Crippen molar-refractivity contribution in [2.45, 2.75) is 50.4 Å². The second-order valence-corrected chi connectivity index (χ2v) is 13.4. The Bertz CT molecular complexity index is 976. The van der Waals surface area contributed by atoms with Crippen molar-refractivity contribution >= 4 is 81.0 Å². The third-order valence-corrected chi connectivity index (χ3v) is 8.27. The van der Waals surface area contributed by atoms with Crippen LogP contribution in [0.1, 0.15) is 34.6 Å². The lowest BCUT2D eigenvalue weighted by atomic mass is 10.2. The molecule has 8 nitrogen and oxygen atoms in total. The SMILES string of the molecule is CC(C)S(=O)c1ccccc1Nc1nc(NCCSSCCNC(=O)OC(C)(C)C)ncc1Cl.S. The summed E-state index contributed by atoms with van der Waals surface area (Å²) in [6, 6.07) is 7.42. The highest BCUT2D eigenvalue weighted by Gasteiger charge is 2.16. The third-order valence-electron chi connectivity index (χ3n) is 3.93. The number of benzene rings is 1. The van der Waals surface area contributed by atoms with E-state index >= 15 is 0 Å². The zero-order valence-electron chi connectivity index (χ0n) is 20.5. The molecule has 0 radical (unpaired) electrons. The van der Waals surface area contributed by atoms with Gasteiger partial charge in [0.1, 0.15) is 10.6 Å². The minimum Gasteiger partial charge on any atom is -0.444 e. The molecule has 1 aromatic heterocycles. The van der Waals surface area contributed by atoms with Crippen LogP contribution in [0.25, 0.3) is 0 Å².